The van der Waals surface area contributed by atoms with Gasteiger partial charge in [0.25, 0.3) is 5.56 Å². The first-order chi connectivity index (χ1) is 17.6. The van der Waals surface area contributed by atoms with Crippen molar-refractivity contribution in [3.8, 4) is 0 Å². The van der Waals surface area contributed by atoms with Gasteiger partial charge in [0.1, 0.15) is 18.3 Å². The van der Waals surface area contributed by atoms with Gasteiger partial charge >= 0.3 is 10.3 Å². The molecule has 16 heteroatoms. The van der Waals surface area contributed by atoms with Crippen LogP contribution in [0.4, 0.5) is 5.95 Å². The lowest BCUT2D eigenvalue weighted by atomic mass is 10.1. The molecule has 1 amide bonds. The fraction of sp³-hybridized carbons (Fsp3) is 0.333. The Kier molecular flexibility index (Phi) is 6.42. The molecule has 0 bridgehead atoms. The van der Waals surface area contributed by atoms with Crippen molar-refractivity contribution < 1.29 is 32.3 Å². The van der Waals surface area contributed by atoms with Crippen LogP contribution in [0.3, 0.4) is 0 Å². The Morgan fingerprint density at radius 1 is 1.27 bits per heavy atom. The van der Waals surface area contributed by atoms with E-state index in [4.69, 9.17) is 14.7 Å². The summed E-state index contributed by atoms with van der Waals surface area (Å²) >= 11 is 0. The molecule has 15 nitrogen and oxygen atoms in total. The molecule has 0 spiro atoms. The highest BCUT2D eigenvalue weighted by molar-refractivity contribution is 7.85. The average Bonchev–Trinajstić information content (AvgIpc) is 3.53. The number of aryl methyl sites for hydroxylation is 1. The van der Waals surface area contributed by atoms with E-state index < -0.39 is 52.9 Å². The quantitative estimate of drug-likeness (QED) is 0.158. The van der Waals surface area contributed by atoms with E-state index >= 15 is 0 Å². The highest BCUT2D eigenvalue weighted by Crippen LogP contribution is 2.31. The Bertz CT molecular complexity index is 1630. The summed E-state index contributed by atoms with van der Waals surface area (Å²) in [6.45, 7) is -0.706. The standard InChI is InChI=1S/C21H23N7O8S/c22-21-25-18-15(19(32)26-21)24-9-28(18)20-17(31)16(30)13(36-20)8-35-37(33,34)27-14(29)6-5-10-7-23-12-4-2-1-3-11(10)12/h1-4,7,9,13,16-17,20,23,30-31H,5-6,8H2,(H,27,29)(H3,22,25,26,32)/t13-,16+,17?,20-/m1/s1. The third-order valence-electron chi connectivity index (χ3n) is 5.98. The number of carbonyl (C=O) groups excluding carboxylic acids is 1. The lowest BCUT2D eigenvalue weighted by molar-refractivity contribution is -0.119. The molecule has 4 aromatic rings. The number of amides is 1. The Labute approximate surface area is 208 Å². The topological polar surface area (TPSA) is 228 Å². The van der Waals surface area contributed by atoms with E-state index in [1.807, 2.05) is 29.0 Å². The number of nitrogens with one attached hydrogen (secondary N) is 3. The second kappa shape index (κ2) is 9.56. The highest BCUT2D eigenvalue weighted by Gasteiger charge is 2.45. The normalized spacial score (nSPS) is 22.1. The van der Waals surface area contributed by atoms with Crippen molar-refractivity contribution in [1.82, 2.24) is 29.2 Å². The van der Waals surface area contributed by atoms with E-state index in [1.165, 1.54) is 10.9 Å². The van der Waals surface area contributed by atoms with Gasteiger partial charge < -0.3 is 25.7 Å². The Morgan fingerprint density at radius 3 is 2.86 bits per heavy atom. The fourth-order valence-corrected chi connectivity index (χ4v) is 4.94. The SMILES string of the molecule is Nc1nc2c(ncn2[C@@H]2O[C@H](COS(=O)(=O)NC(=O)CCc3c[nH]c4ccccc34)[C@H](O)C2O)c(=O)[nH]1. The summed E-state index contributed by atoms with van der Waals surface area (Å²) in [4.78, 5) is 37.5. The third kappa shape index (κ3) is 4.92. The molecule has 1 fully saturated rings. The maximum Gasteiger partial charge on any atom is 0.362 e. The average molecular weight is 534 g/mol. The number of nitrogen functional groups attached to an aromatic ring is 1. The van der Waals surface area contributed by atoms with Crippen LogP contribution in [-0.4, -0.2) is 74.0 Å². The van der Waals surface area contributed by atoms with Gasteiger partial charge in [-0.05, 0) is 18.1 Å². The zero-order chi connectivity index (χ0) is 26.3. The van der Waals surface area contributed by atoms with Crippen molar-refractivity contribution in [1.29, 1.82) is 0 Å². The summed E-state index contributed by atoms with van der Waals surface area (Å²) in [5.41, 5.74) is 6.64. The van der Waals surface area contributed by atoms with Gasteiger partial charge in [-0.15, -0.1) is 0 Å². The molecule has 4 heterocycles. The molecular formula is C21H23N7O8S. The van der Waals surface area contributed by atoms with Crippen LogP contribution in [0.1, 0.15) is 18.2 Å². The van der Waals surface area contributed by atoms with Gasteiger partial charge in [0.05, 0.1) is 12.9 Å². The number of benzene rings is 1. The third-order valence-corrected chi connectivity index (χ3v) is 6.91. The summed E-state index contributed by atoms with van der Waals surface area (Å²) in [5.74, 6) is -0.978. The summed E-state index contributed by atoms with van der Waals surface area (Å²) in [6.07, 6.45) is -2.56. The number of H-pyrrole nitrogens is 2. The van der Waals surface area contributed by atoms with Crippen molar-refractivity contribution in [3.63, 3.8) is 0 Å². The van der Waals surface area contributed by atoms with Crippen molar-refractivity contribution in [3.05, 3.63) is 52.7 Å². The van der Waals surface area contributed by atoms with Crippen molar-refractivity contribution in [2.75, 3.05) is 12.3 Å². The molecule has 4 atom stereocenters. The van der Waals surface area contributed by atoms with Crippen LogP contribution in [0.15, 0.2) is 41.6 Å². The first kappa shape index (κ1) is 24.8. The Hall–Kier alpha value is -3.83. The van der Waals surface area contributed by atoms with E-state index in [0.29, 0.717) is 6.42 Å². The molecule has 1 unspecified atom stereocenters. The number of rotatable bonds is 8. The molecular weight excluding hydrogens is 510 g/mol. The zero-order valence-electron chi connectivity index (χ0n) is 19.1. The number of aromatic nitrogens is 5. The smallest absolute Gasteiger partial charge is 0.362 e. The largest absolute Gasteiger partial charge is 0.387 e. The van der Waals surface area contributed by atoms with Crippen molar-refractivity contribution >= 4 is 44.2 Å². The lowest BCUT2D eigenvalue weighted by Gasteiger charge is -2.16. The Morgan fingerprint density at radius 2 is 2.05 bits per heavy atom. The minimum absolute atomic E-state index is 0.00541. The van der Waals surface area contributed by atoms with E-state index in [-0.39, 0.29) is 23.5 Å². The number of fused-ring (bicyclic) bond motifs is 2. The molecule has 37 heavy (non-hydrogen) atoms. The number of nitrogens with two attached hydrogens (primary N) is 1. The van der Waals surface area contributed by atoms with Crippen molar-refractivity contribution in [2.24, 2.45) is 0 Å². The predicted molar refractivity (Wildman–Crippen MR) is 128 cm³/mol. The number of imidazole rings is 1. The lowest BCUT2D eigenvalue weighted by Crippen LogP contribution is -2.37. The number of para-hydroxylation sites is 1. The molecule has 1 aliphatic heterocycles. The number of ether oxygens (including phenoxy) is 1. The van der Waals surface area contributed by atoms with E-state index in [9.17, 15) is 28.2 Å². The fourth-order valence-electron chi connectivity index (χ4n) is 4.19. The minimum Gasteiger partial charge on any atom is -0.387 e. The number of nitrogens with zero attached hydrogens (tertiary/aromatic N) is 3. The van der Waals surface area contributed by atoms with Crippen LogP contribution in [-0.2, 0) is 30.4 Å². The van der Waals surface area contributed by atoms with Gasteiger partial charge in [-0.25, -0.2) is 9.71 Å². The summed E-state index contributed by atoms with van der Waals surface area (Å²) < 4.78 is 38.0. The van der Waals surface area contributed by atoms with Crippen LogP contribution in [0.5, 0.6) is 0 Å². The first-order valence-corrected chi connectivity index (χ1v) is 12.5. The number of aliphatic hydroxyl groups excluding tert-OH is 2. The molecule has 3 aromatic heterocycles. The summed E-state index contributed by atoms with van der Waals surface area (Å²) in [5, 5.41) is 21.8. The maximum atomic E-state index is 12.3. The monoisotopic (exact) mass is 533 g/mol. The van der Waals surface area contributed by atoms with Gasteiger partial charge in [-0.2, -0.15) is 13.4 Å². The molecule has 196 valence electrons. The van der Waals surface area contributed by atoms with Gasteiger partial charge in [-0.3, -0.25) is 23.3 Å². The van der Waals surface area contributed by atoms with E-state index in [2.05, 4.69) is 19.9 Å². The van der Waals surface area contributed by atoms with Gasteiger partial charge in [0.15, 0.2) is 17.4 Å². The molecule has 7 N–H and O–H groups in total. The van der Waals surface area contributed by atoms with Crippen LogP contribution < -0.4 is 16.0 Å². The minimum atomic E-state index is -4.53. The molecule has 1 aliphatic rings. The number of aliphatic hydroxyl groups is 2. The number of aromatic amines is 2. The van der Waals surface area contributed by atoms with E-state index in [1.54, 1.807) is 6.20 Å². The predicted octanol–water partition coefficient (Wildman–Crippen LogP) is -1.19. The van der Waals surface area contributed by atoms with Gasteiger partial charge in [-0.1, -0.05) is 18.2 Å². The zero-order valence-corrected chi connectivity index (χ0v) is 19.9. The first-order valence-electron chi connectivity index (χ1n) is 11.1. The van der Waals surface area contributed by atoms with Crippen LogP contribution in [0, 0.1) is 0 Å². The molecule has 1 aromatic carbocycles. The molecule has 1 saturated heterocycles. The molecule has 5 rings (SSSR count). The molecule has 0 aliphatic carbocycles. The second-order valence-electron chi connectivity index (χ2n) is 8.44. The Balaban J connectivity index is 1.19. The van der Waals surface area contributed by atoms with Crippen molar-refractivity contribution in [2.45, 2.75) is 37.4 Å². The van der Waals surface area contributed by atoms with Crippen LogP contribution in [0.2, 0.25) is 0 Å². The van der Waals surface area contributed by atoms with Gasteiger partial charge in [0, 0.05) is 23.5 Å². The van der Waals surface area contributed by atoms with E-state index in [0.717, 1.165) is 16.5 Å². The van der Waals surface area contributed by atoms with Crippen LogP contribution in [0.25, 0.3) is 22.1 Å². The van der Waals surface area contributed by atoms with Crippen LogP contribution >= 0.6 is 0 Å². The summed E-state index contributed by atoms with van der Waals surface area (Å²) in [7, 11) is -4.53. The number of carbonyl (C=O) groups is 1. The molecule has 0 saturated carbocycles. The number of hydrogen-bond donors (Lipinski definition) is 6. The van der Waals surface area contributed by atoms with Gasteiger partial charge in [0.2, 0.25) is 11.9 Å². The maximum absolute atomic E-state index is 12.3. The number of anilines is 1. The second-order valence-corrected chi connectivity index (χ2v) is 9.79. The molecule has 0 radical (unpaired) electrons. The summed E-state index contributed by atoms with van der Waals surface area (Å²) in [6, 6.07) is 7.51. The number of hydrogen-bond acceptors (Lipinski definition) is 11. The highest BCUT2D eigenvalue weighted by atomic mass is 32.2.